The number of rotatable bonds is 3. The molecule has 1 N–H and O–H groups in total. The Hall–Kier alpha value is -0.900. The lowest BCUT2D eigenvalue weighted by Crippen LogP contribution is -2.56. The Morgan fingerprint density at radius 3 is 2.72 bits per heavy atom. The first kappa shape index (κ1) is 12.2. The Balaban J connectivity index is 1.59. The molecular weight excluding hydrogens is 226 g/mol. The van der Waals surface area contributed by atoms with Crippen molar-refractivity contribution in [2.75, 3.05) is 26.2 Å². The van der Waals surface area contributed by atoms with Crippen molar-refractivity contribution in [3.63, 3.8) is 0 Å². The molecule has 1 aromatic carbocycles. The first-order chi connectivity index (χ1) is 8.77. The third kappa shape index (κ3) is 2.44. The summed E-state index contributed by atoms with van der Waals surface area (Å²) in [4.78, 5) is 2.35. The predicted octanol–water partition coefficient (Wildman–Crippen LogP) is 1.97. The molecule has 0 amide bonds. The molecule has 1 aromatic rings. The van der Waals surface area contributed by atoms with Crippen molar-refractivity contribution in [1.29, 1.82) is 0 Å². The van der Waals surface area contributed by atoms with Crippen LogP contribution in [0.25, 0.3) is 0 Å². The van der Waals surface area contributed by atoms with Crippen LogP contribution in [0.1, 0.15) is 30.9 Å². The van der Waals surface area contributed by atoms with E-state index in [1.807, 2.05) is 30.3 Å². The summed E-state index contributed by atoms with van der Waals surface area (Å²) < 4.78 is 5.90. The highest BCUT2D eigenvalue weighted by atomic mass is 16.5. The number of aliphatic hydroxyl groups is 1. The van der Waals surface area contributed by atoms with Crippen LogP contribution in [-0.2, 0) is 4.74 Å². The fourth-order valence-electron chi connectivity index (χ4n) is 2.98. The summed E-state index contributed by atoms with van der Waals surface area (Å²) in [7, 11) is 0. The molecule has 1 saturated heterocycles. The molecule has 1 spiro atoms. The number of hydrogen-bond acceptors (Lipinski definition) is 3. The highest BCUT2D eigenvalue weighted by Crippen LogP contribution is 2.38. The standard InChI is InChI=1S/C15H21NO2/c17-14(13-5-2-1-3-6-13)11-16-9-10-18-15(12-16)7-4-8-15/h1-3,5-6,14,17H,4,7-12H2. The first-order valence-electron chi connectivity index (χ1n) is 6.87. The normalized spacial score (nSPS) is 24.7. The van der Waals surface area contributed by atoms with Gasteiger partial charge in [-0.25, -0.2) is 0 Å². The molecule has 1 heterocycles. The van der Waals surface area contributed by atoms with E-state index in [0.717, 1.165) is 31.8 Å². The van der Waals surface area contributed by atoms with Crippen LogP contribution in [0, 0.1) is 0 Å². The molecule has 3 heteroatoms. The zero-order chi connectivity index (χ0) is 12.4. The van der Waals surface area contributed by atoms with E-state index in [9.17, 15) is 5.11 Å². The summed E-state index contributed by atoms with van der Waals surface area (Å²) in [6, 6.07) is 9.92. The second-order valence-electron chi connectivity index (χ2n) is 5.55. The smallest absolute Gasteiger partial charge is 0.0916 e. The molecule has 98 valence electrons. The SMILES string of the molecule is OC(CN1CCOC2(CCC2)C1)c1ccccc1. The van der Waals surface area contributed by atoms with Crippen LogP contribution in [-0.4, -0.2) is 41.8 Å². The lowest BCUT2D eigenvalue weighted by Gasteiger charge is -2.48. The van der Waals surface area contributed by atoms with Gasteiger partial charge in [-0.3, -0.25) is 4.90 Å². The van der Waals surface area contributed by atoms with Gasteiger partial charge in [-0.05, 0) is 24.8 Å². The minimum atomic E-state index is -0.388. The average Bonchev–Trinajstić information content (AvgIpc) is 2.38. The highest BCUT2D eigenvalue weighted by Gasteiger charge is 2.42. The van der Waals surface area contributed by atoms with E-state index in [1.165, 1.54) is 19.3 Å². The first-order valence-corrected chi connectivity index (χ1v) is 6.87. The molecule has 0 radical (unpaired) electrons. The molecule has 0 bridgehead atoms. The summed E-state index contributed by atoms with van der Waals surface area (Å²) >= 11 is 0. The van der Waals surface area contributed by atoms with Gasteiger partial charge in [0.2, 0.25) is 0 Å². The second kappa shape index (κ2) is 5.00. The molecule has 3 nitrogen and oxygen atoms in total. The van der Waals surface area contributed by atoms with E-state index in [-0.39, 0.29) is 11.7 Å². The molecule has 2 aliphatic rings. The molecular formula is C15H21NO2. The van der Waals surface area contributed by atoms with E-state index in [0.29, 0.717) is 0 Å². The van der Waals surface area contributed by atoms with Crippen molar-refractivity contribution in [2.45, 2.75) is 31.0 Å². The van der Waals surface area contributed by atoms with E-state index >= 15 is 0 Å². The van der Waals surface area contributed by atoms with Gasteiger partial charge in [0, 0.05) is 19.6 Å². The van der Waals surface area contributed by atoms with E-state index < -0.39 is 0 Å². The van der Waals surface area contributed by atoms with Crippen molar-refractivity contribution in [2.24, 2.45) is 0 Å². The molecule has 3 rings (SSSR count). The third-order valence-electron chi connectivity index (χ3n) is 4.21. The van der Waals surface area contributed by atoms with E-state index in [1.54, 1.807) is 0 Å². The maximum atomic E-state index is 10.3. The minimum absolute atomic E-state index is 0.120. The highest BCUT2D eigenvalue weighted by molar-refractivity contribution is 5.17. The Morgan fingerprint density at radius 2 is 2.06 bits per heavy atom. The van der Waals surface area contributed by atoms with Crippen molar-refractivity contribution >= 4 is 0 Å². The lowest BCUT2D eigenvalue weighted by molar-refractivity contribution is -0.155. The molecule has 1 aliphatic carbocycles. The van der Waals surface area contributed by atoms with Crippen molar-refractivity contribution in [3.05, 3.63) is 35.9 Å². The Kier molecular flexibility index (Phi) is 3.37. The minimum Gasteiger partial charge on any atom is -0.387 e. The van der Waals surface area contributed by atoms with Gasteiger partial charge in [-0.1, -0.05) is 30.3 Å². The maximum Gasteiger partial charge on any atom is 0.0916 e. The van der Waals surface area contributed by atoms with Crippen molar-refractivity contribution < 1.29 is 9.84 Å². The number of ether oxygens (including phenoxy) is 1. The van der Waals surface area contributed by atoms with Gasteiger partial charge in [-0.2, -0.15) is 0 Å². The van der Waals surface area contributed by atoms with Crippen LogP contribution in [0.5, 0.6) is 0 Å². The number of β-amino-alcohol motifs (C(OH)–C–C–N with tert-alkyl or cyclic N) is 1. The van der Waals surface area contributed by atoms with E-state index in [4.69, 9.17) is 4.74 Å². The third-order valence-corrected chi connectivity index (χ3v) is 4.21. The molecule has 1 atom stereocenters. The Bertz CT molecular complexity index is 389. The van der Waals surface area contributed by atoms with Gasteiger partial charge in [-0.15, -0.1) is 0 Å². The summed E-state index contributed by atoms with van der Waals surface area (Å²) in [5.41, 5.74) is 1.13. The Labute approximate surface area is 108 Å². The van der Waals surface area contributed by atoms with Crippen LogP contribution < -0.4 is 0 Å². The molecule has 18 heavy (non-hydrogen) atoms. The summed E-state index contributed by atoms with van der Waals surface area (Å²) in [5.74, 6) is 0. The maximum absolute atomic E-state index is 10.3. The summed E-state index contributed by atoms with van der Waals surface area (Å²) in [5, 5.41) is 10.3. The van der Waals surface area contributed by atoms with Gasteiger partial charge < -0.3 is 9.84 Å². The van der Waals surface area contributed by atoms with Gasteiger partial charge in [0.1, 0.15) is 0 Å². The number of nitrogens with zero attached hydrogens (tertiary/aromatic N) is 1. The van der Waals surface area contributed by atoms with E-state index in [2.05, 4.69) is 4.90 Å². The van der Waals surface area contributed by atoms with Crippen LogP contribution in [0.4, 0.5) is 0 Å². The van der Waals surface area contributed by atoms with Crippen LogP contribution in [0.2, 0.25) is 0 Å². The van der Waals surface area contributed by atoms with Gasteiger partial charge in [0.15, 0.2) is 0 Å². The number of aliphatic hydroxyl groups excluding tert-OH is 1. The Morgan fingerprint density at radius 1 is 1.28 bits per heavy atom. The van der Waals surface area contributed by atoms with Crippen molar-refractivity contribution in [1.82, 2.24) is 4.90 Å². The van der Waals surface area contributed by atoms with Crippen LogP contribution in [0.15, 0.2) is 30.3 Å². The zero-order valence-corrected chi connectivity index (χ0v) is 10.7. The summed E-state index contributed by atoms with van der Waals surface area (Å²) in [6.45, 7) is 3.44. The largest absolute Gasteiger partial charge is 0.387 e. The number of hydrogen-bond donors (Lipinski definition) is 1. The van der Waals surface area contributed by atoms with Gasteiger partial charge in [0.05, 0.1) is 18.3 Å². The van der Waals surface area contributed by atoms with Crippen LogP contribution in [0.3, 0.4) is 0 Å². The topological polar surface area (TPSA) is 32.7 Å². The molecule has 1 saturated carbocycles. The van der Waals surface area contributed by atoms with Gasteiger partial charge >= 0.3 is 0 Å². The predicted molar refractivity (Wildman–Crippen MR) is 70.4 cm³/mol. The van der Waals surface area contributed by atoms with Crippen LogP contribution >= 0.6 is 0 Å². The lowest BCUT2D eigenvalue weighted by atomic mass is 9.79. The average molecular weight is 247 g/mol. The number of morpholine rings is 1. The number of benzene rings is 1. The summed E-state index contributed by atoms with van der Waals surface area (Å²) in [6.07, 6.45) is 3.27. The monoisotopic (exact) mass is 247 g/mol. The quantitative estimate of drug-likeness (QED) is 0.886. The van der Waals surface area contributed by atoms with Crippen molar-refractivity contribution in [3.8, 4) is 0 Å². The fourth-order valence-corrected chi connectivity index (χ4v) is 2.98. The fraction of sp³-hybridized carbons (Fsp3) is 0.600. The molecule has 1 unspecified atom stereocenters. The molecule has 2 fully saturated rings. The van der Waals surface area contributed by atoms with Gasteiger partial charge in [0.25, 0.3) is 0 Å². The second-order valence-corrected chi connectivity index (χ2v) is 5.55. The zero-order valence-electron chi connectivity index (χ0n) is 10.7. The molecule has 0 aromatic heterocycles. The molecule has 1 aliphatic heterocycles.